The first-order valence-corrected chi connectivity index (χ1v) is 11.3. The van der Waals surface area contributed by atoms with Gasteiger partial charge in [-0.05, 0) is 42.8 Å². The summed E-state index contributed by atoms with van der Waals surface area (Å²) in [7, 11) is 1.56. The highest BCUT2D eigenvalue weighted by Crippen LogP contribution is 2.44. The number of aliphatic hydroxyl groups excluding tert-OH is 1. The van der Waals surface area contributed by atoms with Crippen LogP contribution >= 0.6 is 11.3 Å². The van der Waals surface area contributed by atoms with E-state index in [-0.39, 0.29) is 11.3 Å². The smallest absolute Gasteiger partial charge is 0.301 e. The molecular formula is C26H19FN2O4S. The highest BCUT2D eigenvalue weighted by Gasteiger charge is 2.48. The predicted octanol–water partition coefficient (Wildman–Crippen LogP) is 5.38. The molecule has 1 N–H and O–H groups in total. The van der Waals surface area contributed by atoms with Crippen LogP contribution in [0.15, 0.2) is 72.3 Å². The molecule has 2 heterocycles. The van der Waals surface area contributed by atoms with Gasteiger partial charge < -0.3 is 9.84 Å². The fourth-order valence-electron chi connectivity index (χ4n) is 3.98. The maximum atomic E-state index is 13.7. The maximum absolute atomic E-state index is 13.7. The first-order valence-electron chi connectivity index (χ1n) is 10.5. The molecule has 1 fully saturated rings. The molecule has 0 radical (unpaired) electrons. The lowest BCUT2D eigenvalue weighted by molar-refractivity contribution is -0.132. The number of carbonyl (C=O) groups excluding carboxylic acids is 2. The molecular weight excluding hydrogens is 455 g/mol. The number of benzene rings is 3. The van der Waals surface area contributed by atoms with Gasteiger partial charge in [0.25, 0.3) is 5.78 Å². The average molecular weight is 475 g/mol. The minimum Gasteiger partial charge on any atom is -0.507 e. The molecule has 0 spiro atoms. The summed E-state index contributed by atoms with van der Waals surface area (Å²) in [6.07, 6.45) is 0. The predicted molar refractivity (Wildman–Crippen MR) is 129 cm³/mol. The fourth-order valence-corrected chi connectivity index (χ4v) is 5.00. The summed E-state index contributed by atoms with van der Waals surface area (Å²) >= 11 is 1.23. The molecule has 1 amide bonds. The zero-order valence-corrected chi connectivity index (χ0v) is 19.1. The minimum absolute atomic E-state index is 0.0719. The second-order valence-corrected chi connectivity index (χ2v) is 8.93. The number of aromatic nitrogens is 1. The van der Waals surface area contributed by atoms with Crippen LogP contribution in [0.3, 0.4) is 0 Å². The van der Waals surface area contributed by atoms with Gasteiger partial charge in [-0.25, -0.2) is 9.37 Å². The number of hydrogen-bond acceptors (Lipinski definition) is 6. The van der Waals surface area contributed by atoms with E-state index in [4.69, 9.17) is 4.74 Å². The Balaban J connectivity index is 1.71. The van der Waals surface area contributed by atoms with Crippen molar-refractivity contribution in [2.45, 2.75) is 13.0 Å². The zero-order chi connectivity index (χ0) is 24.0. The molecule has 5 rings (SSSR count). The van der Waals surface area contributed by atoms with E-state index in [1.807, 2.05) is 6.92 Å². The summed E-state index contributed by atoms with van der Waals surface area (Å²) in [5.41, 5.74) is 2.43. The van der Waals surface area contributed by atoms with Gasteiger partial charge in [0, 0.05) is 5.56 Å². The van der Waals surface area contributed by atoms with Gasteiger partial charge in [0.1, 0.15) is 17.3 Å². The van der Waals surface area contributed by atoms with E-state index in [1.54, 1.807) is 49.6 Å². The van der Waals surface area contributed by atoms with Gasteiger partial charge in [0.2, 0.25) is 0 Å². The van der Waals surface area contributed by atoms with Crippen molar-refractivity contribution < 1.29 is 23.8 Å². The normalized spacial score (nSPS) is 17.5. The lowest BCUT2D eigenvalue weighted by Gasteiger charge is -2.23. The van der Waals surface area contributed by atoms with E-state index < -0.39 is 23.5 Å². The number of carbonyl (C=O) groups is 2. The number of Topliss-reactive ketones (excluding diaryl/α,β-unsaturated/α-hetero) is 1. The molecule has 3 aromatic carbocycles. The zero-order valence-electron chi connectivity index (χ0n) is 18.3. The van der Waals surface area contributed by atoms with Gasteiger partial charge in [-0.1, -0.05) is 53.3 Å². The van der Waals surface area contributed by atoms with E-state index in [2.05, 4.69) is 4.98 Å². The number of ether oxygens (including phenoxy) is 1. The summed E-state index contributed by atoms with van der Waals surface area (Å²) in [5, 5.41) is 11.4. The van der Waals surface area contributed by atoms with Crippen LogP contribution < -0.4 is 9.64 Å². The van der Waals surface area contributed by atoms with Gasteiger partial charge >= 0.3 is 5.91 Å². The summed E-state index contributed by atoms with van der Waals surface area (Å²) < 4.78 is 19.7. The third-order valence-electron chi connectivity index (χ3n) is 5.75. The molecule has 8 heteroatoms. The first kappa shape index (κ1) is 21.8. The van der Waals surface area contributed by atoms with E-state index in [1.165, 1.54) is 40.5 Å². The number of rotatable bonds is 4. The third-order valence-corrected chi connectivity index (χ3v) is 6.76. The molecule has 1 aliphatic rings. The Morgan fingerprint density at radius 1 is 1.06 bits per heavy atom. The van der Waals surface area contributed by atoms with Gasteiger partial charge in [-0.3, -0.25) is 14.5 Å². The van der Waals surface area contributed by atoms with Gasteiger partial charge in [-0.15, -0.1) is 0 Å². The van der Waals surface area contributed by atoms with Crippen molar-refractivity contribution in [2.24, 2.45) is 0 Å². The Morgan fingerprint density at radius 2 is 1.76 bits per heavy atom. The Labute approximate surface area is 198 Å². The summed E-state index contributed by atoms with van der Waals surface area (Å²) in [5.74, 6) is -1.75. The molecule has 1 aliphatic heterocycles. The van der Waals surface area contributed by atoms with Gasteiger partial charge in [-0.2, -0.15) is 0 Å². The minimum atomic E-state index is -0.968. The van der Waals surface area contributed by atoms with Crippen LogP contribution in [-0.4, -0.2) is 28.9 Å². The van der Waals surface area contributed by atoms with Crippen LogP contribution in [0.2, 0.25) is 0 Å². The number of thiazole rings is 1. The van der Waals surface area contributed by atoms with Crippen LogP contribution in [0.25, 0.3) is 16.0 Å². The van der Waals surface area contributed by atoms with Gasteiger partial charge in [0.15, 0.2) is 5.13 Å². The van der Waals surface area contributed by atoms with Gasteiger partial charge in [0.05, 0.1) is 28.9 Å². The number of anilines is 1. The number of methoxy groups -OCH3 is 1. The monoisotopic (exact) mass is 474 g/mol. The number of halogens is 1. The van der Waals surface area contributed by atoms with Crippen molar-refractivity contribution in [1.29, 1.82) is 0 Å². The molecule has 4 aromatic rings. The van der Waals surface area contributed by atoms with Crippen LogP contribution in [-0.2, 0) is 9.59 Å². The molecule has 1 saturated heterocycles. The number of ketones is 1. The number of fused-ring (bicyclic) bond motifs is 1. The Hall–Kier alpha value is -4.04. The van der Waals surface area contributed by atoms with Crippen LogP contribution in [0.1, 0.15) is 22.7 Å². The second-order valence-electron chi connectivity index (χ2n) is 7.92. The second kappa shape index (κ2) is 8.39. The molecule has 0 bridgehead atoms. The SMILES string of the molecule is COc1ccc2nc(N3C(=O)C(=O)/C(=C(/O)c4ccc(C)cc4)C3c3ccc(F)cc3)sc2c1. The quantitative estimate of drug-likeness (QED) is 0.244. The Bertz CT molecular complexity index is 1460. The number of aliphatic hydroxyl groups is 1. The molecule has 0 saturated carbocycles. The number of nitrogens with zero attached hydrogens (tertiary/aromatic N) is 2. The van der Waals surface area contributed by atoms with E-state index in [0.717, 1.165) is 10.3 Å². The average Bonchev–Trinajstić information content (AvgIpc) is 3.37. The van der Waals surface area contributed by atoms with E-state index in [0.29, 0.717) is 27.5 Å². The van der Waals surface area contributed by atoms with Crippen LogP contribution in [0.4, 0.5) is 9.52 Å². The number of aryl methyl sites for hydroxylation is 1. The van der Waals surface area contributed by atoms with E-state index in [9.17, 15) is 19.1 Å². The Kier molecular flexibility index (Phi) is 5.37. The molecule has 1 unspecified atom stereocenters. The van der Waals surface area contributed by atoms with Crippen molar-refractivity contribution in [3.8, 4) is 5.75 Å². The maximum Gasteiger partial charge on any atom is 0.301 e. The number of hydrogen-bond donors (Lipinski definition) is 1. The lowest BCUT2D eigenvalue weighted by atomic mass is 9.95. The number of amides is 1. The standard InChI is InChI=1S/C26H19FN2O4S/c1-14-3-5-16(6-4-14)23(30)21-22(15-7-9-17(27)10-8-15)29(25(32)24(21)31)26-28-19-12-11-18(33-2)13-20(19)34-26/h3-13,22,30H,1-2H3/b23-21+. The molecule has 170 valence electrons. The highest BCUT2D eigenvalue weighted by atomic mass is 32.1. The molecule has 1 aromatic heterocycles. The van der Waals surface area contributed by atoms with Crippen molar-refractivity contribution in [2.75, 3.05) is 12.0 Å². The van der Waals surface area contributed by atoms with Crippen LogP contribution in [0.5, 0.6) is 5.75 Å². The first-order chi connectivity index (χ1) is 16.4. The Morgan fingerprint density at radius 3 is 2.44 bits per heavy atom. The van der Waals surface area contributed by atoms with Crippen molar-refractivity contribution in [3.05, 3.63) is 94.8 Å². The third kappa shape index (κ3) is 3.62. The topological polar surface area (TPSA) is 79.7 Å². The van der Waals surface area contributed by atoms with Crippen LogP contribution in [0, 0.1) is 12.7 Å². The lowest BCUT2D eigenvalue weighted by Crippen LogP contribution is -2.29. The molecule has 34 heavy (non-hydrogen) atoms. The summed E-state index contributed by atoms with van der Waals surface area (Å²) in [6, 6.07) is 16.8. The molecule has 1 atom stereocenters. The van der Waals surface area contributed by atoms with E-state index >= 15 is 0 Å². The largest absolute Gasteiger partial charge is 0.507 e. The van der Waals surface area contributed by atoms with Crippen molar-refractivity contribution in [3.63, 3.8) is 0 Å². The fraction of sp³-hybridized carbons (Fsp3) is 0.115. The highest BCUT2D eigenvalue weighted by molar-refractivity contribution is 7.22. The summed E-state index contributed by atoms with van der Waals surface area (Å²) in [6.45, 7) is 1.91. The van der Waals surface area contributed by atoms with Crippen molar-refractivity contribution >= 4 is 44.1 Å². The molecule has 6 nitrogen and oxygen atoms in total. The van der Waals surface area contributed by atoms with Crippen molar-refractivity contribution in [1.82, 2.24) is 4.98 Å². The molecule has 0 aliphatic carbocycles. The summed E-state index contributed by atoms with van der Waals surface area (Å²) in [4.78, 5) is 32.3.